The maximum Gasteiger partial charge on any atom is 0.227 e. The molecule has 7 heteroatoms. The van der Waals surface area contributed by atoms with Crippen LogP contribution >= 0.6 is 12.2 Å². The number of nitrogens with one attached hydrogen (secondary N) is 3. The second kappa shape index (κ2) is 8.53. The van der Waals surface area contributed by atoms with Crippen LogP contribution in [0, 0.1) is 6.92 Å². The van der Waals surface area contributed by atoms with E-state index in [0.29, 0.717) is 12.4 Å². The zero-order valence-corrected chi connectivity index (χ0v) is 18.7. The van der Waals surface area contributed by atoms with E-state index in [1.165, 1.54) is 11.1 Å². The highest BCUT2D eigenvalue weighted by molar-refractivity contribution is 7.80. The minimum absolute atomic E-state index is 0.166. The normalized spacial score (nSPS) is 17.8. The molecule has 1 aromatic carbocycles. The first-order valence-corrected chi connectivity index (χ1v) is 10.6. The SMILES string of the molecule is Cc1ccc2c(c1)NC(=S)Cc1cnc(NC3=CC(CCN(C)C)=CNC3C)nc1-2. The predicted molar refractivity (Wildman–Crippen MR) is 128 cm³/mol. The highest BCUT2D eigenvalue weighted by Gasteiger charge is 2.20. The summed E-state index contributed by atoms with van der Waals surface area (Å²) >= 11 is 5.51. The molecule has 0 saturated carbocycles. The zero-order chi connectivity index (χ0) is 21.3. The molecule has 3 heterocycles. The minimum atomic E-state index is 0.166. The molecule has 2 aromatic rings. The van der Waals surface area contributed by atoms with Gasteiger partial charge < -0.3 is 20.9 Å². The molecule has 156 valence electrons. The maximum atomic E-state index is 5.51. The molecule has 2 aliphatic heterocycles. The summed E-state index contributed by atoms with van der Waals surface area (Å²) in [5, 5.41) is 10.2. The number of aryl methyl sites for hydroxylation is 1. The molecule has 0 fully saturated rings. The Bertz CT molecular complexity index is 1040. The molecule has 0 saturated heterocycles. The molecular weight excluding hydrogens is 392 g/mol. The average Bonchev–Trinajstić information content (AvgIpc) is 2.83. The van der Waals surface area contributed by atoms with Crippen molar-refractivity contribution in [2.45, 2.75) is 32.7 Å². The van der Waals surface area contributed by atoms with Gasteiger partial charge in [-0.15, -0.1) is 0 Å². The Morgan fingerprint density at radius 1 is 1.30 bits per heavy atom. The van der Waals surface area contributed by atoms with E-state index in [0.717, 1.165) is 46.2 Å². The Hall–Kier alpha value is -2.77. The van der Waals surface area contributed by atoms with Crippen LogP contribution in [0.1, 0.15) is 24.5 Å². The topological polar surface area (TPSA) is 65.1 Å². The van der Waals surface area contributed by atoms with Crippen molar-refractivity contribution in [2.75, 3.05) is 31.3 Å². The van der Waals surface area contributed by atoms with Gasteiger partial charge in [-0.25, -0.2) is 9.97 Å². The fourth-order valence-corrected chi connectivity index (χ4v) is 3.89. The van der Waals surface area contributed by atoms with Gasteiger partial charge in [-0.1, -0.05) is 24.4 Å². The smallest absolute Gasteiger partial charge is 0.227 e. The van der Waals surface area contributed by atoms with Gasteiger partial charge in [0.2, 0.25) is 5.95 Å². The number of rotatable bonds is 5. The van der Waals surface area contributed by atoms with Crippen LogP contribution in [0.4, 0.5) is 11.6 Å². The molecule has 0 aliphatic carbocycles. The van der Waals surface area contributed by atoms with Crippen molar-refractivity contribution >= 4 is 28.8 Å². The predicted octanol–water partition coefficient (Wildman–Crippen LogP) is 3.87. The van der Waals surface area contributed by atoms with Crippen molar-refractivity contribution in [2.24, 2.45) is 0 Å². The lowest BCUT2D eigenvalue weighted by Gasteiger charge is -2.24. The molecule has 2 aliphatic rings. The van der Waals surface area contributed by atoms with E-state index in [4.69, 9.17) is 17.2 Å². The molecule has 0 spiro atoms. The Kier molecular flexibility index (Phi) is 5.83. The van der Waals surface area contributed by atoms with Crippen LogP contribution in [0.2, 0.25) is 0 Å². The van der Waals surface area contributed by atoms with Crippen LogP contribution in [0.3, 0.4) is 0 Å². The first-order valence-electron chi connectivity index (χ1n) is 10.2. The van der Waals surface area contributed by atoms with E-state index >= 15 is 0 Å². The fourth-order valence-electron chi connectivity index (χ4n) is 3.62. The van der Waals surface area contributed by atoms with Crippen LogP contribution in [0.25, 0.3) is 11.3 Å². The Labute approximate surface area is 183 Å². The number of dihydropyridines is 1. The first kappa shape index (κ1) is 20.5. The minimum Gasteiger partial charge on any atom is -0.383 e. The number of benzene rings is 1. The van der Waals surface area contributed by atoms with Crippen LogP contribution in [0.5, 0.6) is 0 Å². The number of aromatic nitrogens is 2. The summed E-state index contributed by atoms with van der Waals surface area (Å²) in [5.74, 6) is 0.599. The van der Waals surface area contributed by atoms with Crippen LogP contribution in [-0.2, 0) is 6.42 Å². The van der Waals surface area contributed by atoms with Crippen molar-refractivity contribution in [3.8, 4) is 11.3 Å². The number of fused-ring (bicyclic) bond motifs is 3. The summed E-state index contributed by atoms with van der Waals surface area (Å²) in [7, 11) is 4.18. The van der Waals surface area contributed by atoms with E-state index in [2.05, 4.69) is 84.3 Å². The number of nitrogens with zero attached hydrogens (tertiary/aromatic N) is 3. The van der Waals surface area contributed by atoms with Crippen molar-refractivity contribution in [3.63, 3.8) is 0 Å². The lowest BCUT2D eigenvalue weighted by molar-refractivity contribution is 0.413. The molecule has 0 bridgehead atoms. The van der Waals surface area contributed by atoms with Crippen molar-refractivity contribution in [1.29, 1.82) is 0 Å². The third-order valence-corrected chi connectivity index (χ3v) is 5.60. The first-order chi connectivity index (χ1) is 14.4. The molecule has 3 N–H and O–H groups in total. The number of allylic oxidation sites excluding steroid dienone is 1. The summed E-state index contributed by atoms with van der Waals surface area (Å²) in [6.07, 6.45) is 7.81. The van der Waals surface area contributed by atoms with Crippen LogP contribution in [-0.4, -0.2) is 46.5 Å². The molecule has 0 amide bonds. The average molecular weight is 421 g/mol. The molecule has 1 aromatic heterocycles. The quantitative estimate of drug-likeness (QED) is 0.635. The van der Waals surface area contributed by atoms with E-state index in [-0.39, 0.29) is 6.04 Å². The van der Waals surface area contributed by atoms with Gasteiger partial charge in [0.1, 0.15) is 0 Å². The summed E-state index contributed by atoms with van der Waals surface area (Å²) < 4.78 is 0. The number of hydrogen-bond acceptors (Lipinski definition) is 6. The van der Waals surface area contributed by atoms with Crippen molar-refractivity contribution in [1.82, 2.24) is 20.2 Å². The third-order valence-electron chi connectivity index (χ3n) is 5.35. The summed E-state index contributed by atoms with van der Waals surface area (Å²) in [4.78, 5) is 12.4. The van der Waals surface area contributed by atoms with Gasteiger partial charge >= 0.3 is 0 Å². The Balaban J connectivity index is 1.64. The second-order valence-electron chi connectivity index (χ2n) is 8.23. The molecule has 1 unspecified atom stereocenters. The van der Waals surface area contributed by atoms with Gasteiger partial charge in [-0.3, -0.25) is 0 Å². The largest absolute Gasteiger partial charge is 0.383 e. The zero-order valence-electron chi connectivity index (χ0n) is 17.9. The molecule has 0 radical (unpaired) electrons. The van der Waals surface area contributed by atoms with Crippen molar-refractivity contribution in [3.05, 3.63) is 59.1 Å². The van der Waals surface area contributed by atoms with Gasteiger partial charge in [0.15, 0.2) is 0 Å². The number of anilines is 2. The van der Waals surface area contributed by atoms with E-state index in [1.807, 2.05) is 6.20 Å². The standard InChI is InChI=1S/C23H28N6S/c1-14-5-6-18-20(9-14)26-21(30)11-17-13-25-23(28-22(17)18)27-19-10-16(7-8-29(3)4)12-24-15(19)2/h5-6,9-10,12-13,15,24H,7-8,11H2,1-4H3,(H,26,30)(H,25,27,28). The highest BCUT2D eigenvalue weighted by Crippen LogP contribution is 2.34. The van der Waals surface area contributed by atoms with Crippen LogP contribution < -0.4 is 16.0 Å². The summed E-state index contributed by atoms with van der Waals surface area (Å²) in [6, 6.07) is 6.49. The maximum absolute atomic E-state index is 5.51. The second-order valence-corrected chi connectivity index (χ2v) is 8.72. The number of hydrogen-bond donors (Lipinski definition) is 3. The summed E-state index contributed by atoms with van der Waals surface area (Å²) in [6.45, 7) is 5.21. The Morgan fingerprint density at radius 2 is 2.13 bits per heavy atom. The van der Waals surface area contributed by atoms with E-state index in [1.54, 1.807) is 0 Å². The fraction of sp³-hybridized carbons (Fsp3) is 0.348. The van der Waals surface area contributed by atoms with Gasteiger partial charge in [0.25, 0.3) is 0 Å². The molecular formula is C23H28N6S. The lowest BCUT2D eigenvalue weighted by Crippen LogP contribution is -2.31. The van der Waals surface area contributed by atoms with Crippen LogP contribution in [0.15, 0.2) is 47.9 Å². The highest BCUT2D eigenvalue weighted by atomic mass is 32.1. The monoisotopic (exact) mass is 420 g/mol. The molecule has 6 nitrogen and oxygen atoms in total. The Morgan fingerprint density at radius 3 is 2.93 bits per heavy atom. The molecule has 4 rings (SSSR count). The van der Waals surface area contributed by atoms with Crippen molar-refractivity contribution < 1.29 is 0 Å². The lowest BCUT2D eigenvalue weighted by atomic mass is 10.0. The van der Waals surface area contributed by atoms with Gasteiger partial charge in [-0.2, -0.15) is 0 Å². The van der Waals surface area contributed by atoms with Gasteiger partial charge in [0.05, 0.1) is 16.7 Å². The van der Waals surface area contributed by atoms with E-state index < -0.39 is 0 Å². The van der Waals surface area contributed by atoms with Gasteiger partial charge in [-0.05, 0) is 57.6 Å². The third kappa shape index (κ3) is 4.52. The summed E-state index contributed by atoms with van der Waals surface area (Å²) in [5.41, 5.74) is 7.53. The number of thiocarbonyl (C=S) groups is 1. The van der Waals surface area contributed by atoms with Gasteiger partial charge in [0, 0.05) is 47.9 Å². The van der Waals surface area contributed by atoms with E-state index in [9.17, 15) is 0 Å². The molecule has 30 heavy (non-hydrogen) atoms. The molecule has 1 atom stereocenters.